The molecule has 12 heavy (non-hydrogen) atoms. The minimum Gasteiger partial charge on any atom is -0.245 e. The second-order valence-electron chi connectivity index (χ2n) is 2.81. The van der Waals surface area contributed by atoms with Crippen LogP contribution in [0.15, 0.2) is 28.5 Å². The Kier molecular flexibility index (Phi) is 2.13. The summed E-state index contributed by atoms with van der Waals surface area (Å²) in [5.74, 6) is 0. The lowest BCUT2D eigenvalue weighted by Gasteiger charge is -2.09. The van der Waals surface area contributed by atoms with E-state index in [4.69, 9.17) is 7.85 Å². The van der Waals surface area contributed by atoms with Crippen LogP contribution >= 0.6 is 11.3 Å². The molecule has 1 heterocycles. The second-order valence-corrected chi connectivity index (χ2v) is 3.53. The summed E-state index contributed by atoms with van der Waals surface area (Å²) in [5, 5.41) is 2.07. The molecule has 1 aromatic heterocycles. The normalized spacial score (nSPS) is 17.0. The molecular weight excluding hydrogens is 165 g/mol. The van der Waals surface area contributed by atoms with E-state index in [1.807, 2.05) is 11.6 Å². The minimum atomic E-state index is 0.962. The zero-order valence-corrected chi connectivity index (χ0v) is 7.47. The van der Waals surface area contributed by atoms with Gasteiger partial charge in [-0.25, -0.2) is 4.98 Å². The summed E-state index contributed by atoms with van der Waals surface area (Å²) in [5.41, 5.74) is 5.22. The predicted molar refractivity (Wildman–Crippen MR) is 53.2 cm³/mol. The van der Waals surface area contributed by atoms with Gasteiger partial charge in [0.05, 0.1) is 11.2 Å². The molecule has 0 aromatic carbocycles. The van der Waals surface area contributed by atoms with E-state index >= 15 is 0 Å². The van der Waals surface area contributed by atoms with Gasteiger partial charge in [0.15, 0.2) is 0 Å². The summed E-state index contributed by atoms with van der Waals surface area (Å²) >= 11 is 1.63. The number of hydrogen-bond acceptors (Lipinski definition) is 2. The Morgan fingerprint density at radius 1 is 1.33 bits per heavy atom. The van der Waals surface area contributed by atoms with E-state index in [0.29, 0.717) is 0 Å². The Morgan fingerprint density at radius 2 is 2.25 bits per heavy atom. The van der Waals surface area contributed by atoms with Crippen molar-refractivity contribution < 1.29 is 0 Å². The highest BCUT2D eigenvalue weighted by Gasteiger charge is 2.06. The predicted octanol–water partition coefficient (Wildman–Crippen LogP) is 2.37. The third-order valence-electron chi connectivity index (χ3n) is 1.94. The SMILES string of the molecule is [B]C1=CC=C(c2cscn2)CC1. The molecule has 0 saturated carbocycles. The van der Waals surface area contributed by atoms with E-state index in [9.17, 15) is 0 Å². The van der Waals surface area contributed by atoms with Gasteiger partial charge in [-0.1, -0.05) is 12.2 Å². The van der Waals surface area contributed by atoms with Gasteiger partial charge in [-0.2, -0.15) is 0 Å². The van der Waals surface area contributed by atoms with Crippen LogP contribution in [0.3, 0.4) is 0 Å². The molecule has 2 radical (unpaired) electrons. The van der Waals surface area contributed by atoms with Gasteiger partial charge in [0.25, 0.3) is 0 Å². The molecular formula is C9H8BNS. The Balaban J connectivity index is 2.27. The Hall–Kier alpha value is -0.825. The monoisotopic (exact) mass is 173 g/mol. The van der Waals surface area contributed by atoms with Gasteiger partial charge in [0.2, 0.25) is 0 Å². The summed E-state index contributed by atoms with van der Waals surface area (Å²) < 4.78 is 0. The fourth-order valence-corrected chi connectivity index (χ4v) is 1.81. The molecule has 1 aliphatic rings. The molecule has 2 rings (SSSR count). The van der Waals surface area contributed by atoms with Crippen LogP contribution < -0.4 is 0 Å². The van der Waals surface area contributed by atoms with Crippen molar-refractivity contribution in [3.05, 3.63) is 34.2 Å². The topological polar surface area (TPSA) is 12.9 Å². The summed E-state index contributed by atoms with van der Waals surface area (Å²) in [6.07, 6.45) is 6.02. The molecule has 0 unspecified atom stereocenters. The van der Waals surface area contributed by atoms with Gasteiger partial charge in [0.1, 0.15) is 7.85 Å². The van der Waals surface area contributed by atoms with Crippen LogP contribution in [0.25, 0.3) is 5.57 Å². The van der Waals surface area contributed by atoms with Crippen molar-refractivity contribution in [3.63, 3.8) is 0 Å². The number of allylic oxidation sites excluding steroid dienone is 4. The molecule has 58 valence electrons. The van der Waals surface area contributed by atoms with Crippen LogP contribution in [0, 0.1) is 0 Å². The number of rotatable bonds is 1. The molecule has 0 N–H and O–H groups in total. The molecule has 1 aliphatic carbocycles. The molecule has 0 atom stereocenters. The highest BCUT2D eigenvalue weighted by molar-refractivity contribution is 7.07. The van der Waals surface area contributed by atoms with E-state index < -0.39 is 0 Å². The molecule has 0 amide bonds. The maximum atomic E-state index is 5.65. The number of hydrogen-bond donors (Lipinski definition) is 0. The van der Waals surface area contributed by atoms with Gasteiger partial charge in [-0.3, -0.25) is 0 Å². The summed E-state index contributed by atoms with van der Waals surface area (Å²) in [4.78, 5) is 4.25. The maximum Gasteiger partial charge on any atom is 0.107 e. The van der Waals surface area contributed by atoms with E-state index in [1.165, 1.54) is 5.57 Å². The number of thiazole rings is 1. The van der Waals surface area contributed by atoms with Gasteiger partial charge < -0.3 is 0 Å². The van der Waals surface area contributed by atoms with Gasteiger partial charge in [-0.05, 0) is 18.4 Å². The number of aromatic nitrogens is 1. The zero-order chi connectivity index (χ0) is 8.39. The average Bonchev–Trinajstić information content (AvgIpc) is 2.58. The van der Waals surface area contributed by atoms with E-state index in [1.54, 1.807) is 11.3 Å². The lowest BCUT2D eigenvalue weighted by atomic mass is 9.85. The Morgan fingerprint density at radius 3 is 2.83 bits per heavy atom. The second kappa shape index (κ2) is 3.27. The largest absolute Gasteiger partial charge is 0.245 e. The highest BCUT2D eigenvalue weighted by Crippen LogP contribution is 2.24. The van der Waals surface area contributed by atoms with Crippen molar-refractivity contribution in [3.8, 4) is 0 Å². The average molecular weight is 173 g/mol. The molecule has 0 fully saturated rings. The smallest absolute Gasteiger partial charge is 0.107 e. The van der Waals surface area contributed by atoms with Crippen molar-refractivity contribution in [2.75, 3.05) is 0 Å². The maximum absolute atomic E-state index is 5.65. The quantitative estimate of drug-likeness (QED) is 0.594. The Labute approximate surface area is 77.2 Å². The minimum absolute atomic E-state index is 0.962. The third kappa shape index (κ3) is 1.51. The molecule has 0 aliphatic heterocycles. The first kappa shape index (κ1) is 7.81. The molecule has 0 spiro atoms. The summed E-state index contributed by atoms with van der Waals surface area (Å²) in [7, 11) is 5.65. The van der Waals surface area contributed by atoms with Crippen molar-refractivity contribution in [2.45, 2.75) is 12.8 Å². The van der Waals surface area contributed by atoms with Crippen molar-refractivity contribution in [2.24, 2.45) is 0 Å². The fraction of sp³-hybridized carbons (Fsp3) is 0.222. The molecule has 0 bridgehead atoms. The molecule has 3 heteroatoms. The zero-order valence-electron chi connectivity index (χ0n) is 6.66. The molecule has 0 saturated heterocycles. The Bertz CT molecular complexity index is 324. The number of nitrogens with zero attached hydrogens (tertiary/aromatic N) is 1. The standard InChI is InChI=1S/C9H8BNS/c10-8-3-1-7(2-4-8)9-5-12-6-11-9/h1,3,5-6H,2,4H2. The highest BCUT2D eigenvalue weighted by atomic mass is 32.1. The molecule has 1 aromatic rings. The van der Waals surface area contributed by atoms with E-state index in [0.717, 1.165) is 24.0 Å². The van der Waals surface area contributed by atoms with Crippen LogP contribution in [-0.4, -0.2) is 12.8 Å². The van der Waals surface area contributed by atoms with Crippen LogP contribution in [0.5, 0.6) is 0 Å². The summed E-state index contributed by atoms with van der Waals surface area (Å²) in [6.45, 7) is 0. The first-order valence-corrected chi connectivity index (χ1v) is 4.84. The van der Waals surface area contributed by atoms with Crippen LogP contribution in [0.2, 0.25) is 0 Å². The fourth-order valence-electron chi connectivity index (χ4n) is 1.24. The van der Waals surface area contributed by atoms with E-state index in [-0.39, 0.29) is 0 Å². The lowest BCUT2D eigenvalue weighted by Crippen LogP contribution is -1.92. The van der Waals surface area contributed by atoms with Crippen LogP contribution in [0.4, 0.5) is 0 Å². The molecule has 1 nitrogen and oxygen atoms in total. The van der Waals surface area contributed by atoms with Gasteiger partial charge in [-0.15, -0.1) is 16.8 Å². The first-order chi connectivity index (χ1) is 5.86. The third-order valence-corrected chi connectivity index (χ3v) is 2.53. The van der Waals surface area contributed by atoms with Gasteiger partial charge in [0, 0.05) is 5.38 Å². The van der Waals surface area contributed by atoms with Crippen LogP contribution in [-0.2, 0) is 0 Å². The van der Waals surface area contributed by atoms with Gasteiger partial charge >= 0.3 is 0 Å². The summed E-state index contributed by atoms with van der Waals surface area (Å²) in [6, 6.07) is 0. The van der Waals surface area contributed by atoms with E-state index in [2.05, 4.69) is 16.4 Å². The van der Waals surface area contributed by atoms with Crippen molar-refractivity contribution in [1.82, 2.24) is 4.98 Å². The first-order valence-electron chi connectivity index (χ1n) is 3.90. The van der Waals surface area contributed by atoms with Crippen LogP contribution in [0.1, 0.15) is 18.5 Å². The van der Waals surface area contributed by atoms with Crippen molar-refractivity contribution in [1.29, 1.82) is 0 Å². The lowest BCUT2D eigenvalue weighted by molar-refractivity contribution is 1.02. The van der Waals surface area contributed by atoms with Crippen molar-refractivity contribution >= 4 is 24.8 Å².